The van der Waals surface area contributed by atoms with Crippen LogP contribution in [0.2, 0.25) is 0 Å². The lowest BCUT2D eigenvalue weighted by Crippen LogP contribution is -2.51. The van der Waals surface area contributed by atoms with Gasteiger partial charge in [-0.05, 0) is 17.7 Å². The van der Waals surface area contributed by atoms with Crippen molar-refractivity contribution in [1.82, 2.24) is 10.6 Å². The van der Waals surface area contributed by atoms with Gasteiger partial charge in [0.1, 0.15) is 19.3 Å². The second-order valence-electron chi connectivity index (χ2n) is 4.78. The normalized spacial score (nSPS) is 20.3. The number of ether oxygens (including phenoxy) is 3. The Balaban J connectivity index is 0.00000161. The van der Waals surface area contributed by atoms with Crippen molar-refractivity contribution < 1.29 is 19.0 Å². The van der Waals surface area contributed by atoms with E-state index >= 15 is 0 Å². The summed E-state index contributed by atoms with van der Waals surface area (Å²) in [7, 11) is 0. The molecule has 1 saturated heterocycles. The Labute approximate surface area is 129 Å². The third-order valence-corrected chi connectivity index (χ3v) is 3.31. The molecule has 116 valence electrons. The van der Waals surface area contributed by atoms with Gasteiger partial charge in [0.2, 0.25) is 5.91 Å². The van der Waals surface area contributed by atoms with E-state index in [1.807, 2.05) is 18.2 Å². The number of hydrogen-bond donors (Lipinski definition) is 2. The average molecular weight is 315 g/mol. The lowest BCUT2D eigenvalue weighted by Gasteiger charge is -2.23. The first-order valence-corrected chi connectivity index (χ1v) is 6.80. The topological polar surface area (TPSA) is 68.8 Å². The molecular formula is C14H19ClN2O4. The number of fused-ring (bicyclic) bond motifs is 1. The molecule has 2 aliphatic heterocycles. The van der Waals surface area contributed by atoms with Crippen molar-refractivity contribution in [3.8, 4) is 11.5 Å². The van der Waals surface area contributed by atoms with E-state index in [4.69, 9.17) is 14.2 Å². The number of carbonyl (C=O) groups is 1. The standard InChI is InChI=1S/C14H18N2O4.ClH/c17-14(11-9-18-4-3-15-11)16-8-10-1-2-12-13(7-10)20-6-5-19-12;/h1-2,7,11,15H,3-6,8-9H2,(H,16,17);1H. The van der Waals surface area contributed by atoms with E-state index in [2.05, 4.69) is 10.6 Å². The first-order valence-electron chi connectivity index (χ1n) is 6.80. The van der Waals surface area contributed by atoms with Crippen molar-refractivity contribution in [2.24, 2.45) is 0 Å². The van der Waals surface area contributed by atoms with E-state index in [1.165, 1.54) is 0 Å². The van der Waals surface area contributed by atoms with Gasteiger partial charge in [-0.1, -0.05) is 6.07 Å². The molecule has 0 aliphatic carbocycles. The molecule has 1 atom stereocenters. The maximum absolute atomic E-state index is 12.0. The second-order valence-corrected chi connectivity index (χ2v) is 4.78. The lowest BCUT2D eigenvalue weighted by molar-refractivity contribution is -0.126. The SMILES string of the molecule is Cl.O=C(NCc1ccc2c(c1)OCCO2)C1COCCN1. The van der Waals surface area contributed by atoms with Gasteiger partial charge in [-0.2, -0.15) is 0 Å². The van der Waals surface area contributed by atoms with E-state index in [-0.39, 0.29) is 24.4 Å². The van der Waals surface area contributed by atoms with Crippen LogP contribution >= 0.6 is 12.4 Å². The molecular weight excluding hydrogens is 296 g/mol. The largest absolute Gasteiger partial charge is 0.486 e. The summed E-state index contributed by atoms with van der Waals surface area (Å²) in [5.74, 6) is 1.45. The van der Waals surface area contributed by atoms with Crippen LogP contribution in [0.1, 0.15) is 5.56 Å². The Hall–Kier alpha value is -1.50. The quantitative estimate of drug-likeness (QED) is 0.849. The Morgan fingerprint density at radius 3 is 2.81 bits per heavy atom. The van der Waals surface area contributed by atoms with Crippen molar-refractivity contribution in [2.45, 2.75) is 12.6 Å². The molecule has 0 spiro atoms. The minimum absolute atomic E-state index is 0. The fourth-order valence-electron chi connectivity index (χ4n) is 2.24. The molecule has 0 bridgehead atoms. The van der Waals surface area contributed by atoms with E-state index in [0.29, 0.717) is 39.5 Å². The second kappa shape index (κ2) is 7.49. The van der Waals surface area contributed by atoms with Crippen LogP contribution < -0.4 is 20.1 Å². The summed E-state index contributed by atoms with van der Waals surface area (Å²) in [5.41, 5.74) is 0.985. The summed E-state index contributed by atoms with van der Waals surface area (Å²) in [6, 6.07) is 5.44. The first kappa shape index (κ1) is 15.9. The highest BCUT2D eigenvalue weighted by atomic mass is 35.5. The molecule has 0 aromatic heterocycles. The third-order valence-electron chi connectivity index (χ3n) is 3.31. The molecule has 1 amide bonds. The van der Waals surface area contributed by atoms with Gasteiger partial charge >= 0.3 is 0 Å². The highest BCUT2D eigenvalue weighted by molar-refractivity contribution is 5.85. The van der Waals surface area contributed by atoms with Gasteiger partial charge in [-0.3, -0.25) is 4.79 Å². The van der Waals surface area contributed by atoms with Gasteiger partial charge in [0.15, 0.2) is 11.5 Å². The number of rotatable bonds is 3. The zero-order valence-electron chi connectivity index (χ0n) is 11.6. The van der Waals surface area contributed by atoms with Crippen LogP contribution in [0.15, 0.2) is 18.2 Å². The summed E-state index contributed by atoms with van der Waals surface area (Å²) in [5, 5.41) is 6.02. The highest BCUT2D eigenvalue weighted by Gasteiger charge is 2.20. The number of nitrogens with one attached hydrogen (secondary N) is 2. The predicted molar refractivity (Wildman–Crippen MR) is 79.1 cm³/mol. The zero-order valence-corrected chi connectivity index (χ0v) is 12.4. The smallest absolute Gasteiger partial charge is 0.239 e. The monoisotopic (exact) mass is 314 g/mol. The summed E-state index contributed by atoms with van der Waals surface area (Å²) in [6.07, 6.45) is 0. The van der Waals surface area contributed by atoms with E-state index in [1.54, 1.807) is 0 Å². The summed E-state index contributed by atoms with van der Waals surface area (Å²) in [4.78, 5) is 12.0. The summed E-state index contributed by atoms with van der Waals surface area (Å²) in [6.45, 7) is 3.40. The Morgan fingerprint density at radius 2 is 2.05 bits per heavy atom. The fourth-order valence-corrected chi connectivity index (χ4v) is 2.24. The van der Waals surface area contributed by atoms with Crippen molar-refractivity contribution in [2.75, 3.05) is 33.0 Å². The molecule has 21 heavy (non-hydrogen) atoms. The molecule has 2 aliphatic rings. The molecule has 1 aromatic rings. The molecule has 1 fully saturated rings. The molecule has 7 heteroatoms. The average Bonchev–Trinajstić information content (AvgIpc) is 2.53. The van der Waals surface area contributed by atoms with Crippen molar-refractivity contribution >= 4 is 18.3 Å². The number of carbonyl (C=O) groups excluding carboxylic acids is 1. The third kappa shape index (κ3) is 4.00. The van der Waals surface area contributed by atoms with Crippen LogP contribution in [0, 0.1) is 0 Å². The molecule has 1 unspecified atom stereocenters. The number of hydrogen-bond acceptors (Lipinski definition) is 5. The van der Waals surface area contributed by atoms with Crippen LogP contribution in [0.5, 0.6) is 11.5 Å². The minimum atomic E-state index is -0.263. The van der Waals surface area contributed by atoms with Gasteiger partial charge in [0.25, 0.3) is 0 Å². The summed E-state index contributed by atoms with van der Waals surface area (Å²) < 4.78 is 16.2. The number of amides is 1. The van der Waals surface area contributed by atoms with Gasteiger partial charge in [-0.15, -0.1) is 12.4 Å². The molecule has 2 heterocycles. The lowest BCUT2D eigenvalue weighted by atomic mass is 10.2. The Bertz CT molecular complexity index is 492. The molecule has 0 radical (unpaired) electrons. The minimum Gasteiger partial charge on any atom is -0.486 e. The van der Waals surface area contributed by atoms with Crippen LogP contribution in [0.4, 0.5) is 0 Å². The number of morpholine rings is 1. The molecule has 3 rings (SSSR count). The predicted octanol–water partition coefficient (Wildman–Crippen LogP) is 0.484. The van der Waals surface area contributed by atoms with Gasteiger partial charge in [-0.25, -0.2) is 0 Å². The van der Waals surface area contributed by atoms with Crippen LogP contribution in [-0.4, -0.2) is 44.9 Å². The van der Waals surface area contributed by atoms with E-state index in [9.17, 15) is 4.79 Å². The van der Waals surface area contributed by atoms with Gasteiger partial charge < -0.3 is 24.8 Å². The van der Waals surface area contributed by atoms with Crippen LogP contribution in [0.3, 0.4) is 0 Å². The molecule has 1 aromatic carbocycles. The molecule has 6 nitrogen and oxygen atoms in total. The van der Waals surface area contributed by atoms with Crippen LogP contribution in [0.25, 0.3) is 0 Å². The van der Waals surface area contributed by atoms with E-state index < -0.39 is 0 Å². The van der Waals surface area contributed by atoms with Gasteiger partial charge in [0.05, 0.1) is 13.2 Å². The maximum Gasteiger partial charge on any atom is 0.239 e. The van der Waals surface area contributed by atoms with Crippen LogP contribution in [-0.2, 0) is 16.1 Å². The molecule has 2 N–H and O–H groups in total. The first-order chi connectivity index (χ1) is 9.83. The number of benzene rings is 1. The highest BCUT2D eigenvalue weighted by Crippen LogP contribution is 2.30. The Kier molecular flexibility index (Phi) is 5.67. The van der Waals surface area contributed by atoms with Crippen molar-refractivity contribution in [3.63, 3.8) is 0 Å². The zero-order chi connectivity index (χ0) is 13.8. The number of halogens is 1. The molecule has 0 saturated carbocycles. The Morgan fingerprint density at radius 1 is 1.24 bits per heavy atom. The van der Waals surface area contributed by atoms with Crippen molar-refractivity contribution in [1.29, 1.82) is 0 Å². The maximum atomic E-state index is 12.0. The van der Waals surface area contributed by atoms with Gasteiger partial charge in [0, 0.05) is 13.1 Å². The summed E-state index contributed by atoms with van der Waals surface area (Å²) >= 11 is 0. The van der Waals surface area contributed by atoms with E-state index in [0.717, 1.165) is 17.1 Å². The fraction of sp³-hybridized carbons (Fsp3) is 0.500. The van der Waals surface area contributed by atoms with Crippen molar-refractivity contribution in [3.05, 3.63) is 23.8 Å².